The second kappa shape index (κ2) is 5.90. The average molecular weight is 252 g/mol. The Morgan fingerprint density at radius 2 is 1.89 bits per heavy atom. The maximum absolute atomic E-state index is 12.3. The quantitative estimate of drug-likeness (QED) is 0.532. The third-order valence-electron chi connectivity index (χ3n) is 4.60. The van der Waals surface area contributed by atoms with Gasteiger partial charge in [-0.25, -0.2) is 0 Å². The Kier molecular flexibility index (Phi) is 5.01. The van der Waals surface area contributed by atoms with Crippen molar-refractivity contribution in [3.8, 4) is 0 Å². The molecule has 2 nitrogen and oxygen atoms in total. The van der Waals surface area contributed by atoms with Crippen LogP contribution in [0.3, 0.4) is 0 Å². The first kappa shape index (κ1) is 15.3. The summed E-state index contributed by atoms with van der Waals surface area (Å²) in [6.45, 7) is 10.2. The molecular weight excluding hydrogens is 224 g/mol. The maximum atomic E-state index is 12.3. The van der Waals surface area contributed by atoms with Gasteiger partial charge in [0.2, 0.25) is 0 Å². The number of esters is 1. The van der Waals surface area contributed by atoms with E-state index in [0.717, 1.165) is 32.1 Å². The monoisotopic (exact) mass is 252 g/mol. The highest BCUT2D eigenvalue weighted by Crippen LogP contribution is 2.37. The van der Waals surface area contributed by atoms with Crippen molar-refractivity contribution in [2.75, 3.05) is 0 Å². The molecule has 0 fully saturated rings. The van der Waals surface area contributed by atoms with E-state index in [0.29, 0.717) is 5.92 Å². The lowest BCUT2D eigenvalue weighted by molar-refractivity contribution is -0.176. The van der Waals surface area contributed by atoms with Crippen LogP contribution in [0.2, 0.25) is 0 Å². The van der Waals surface area contributed by atoms with Crippen LogP contribution in [0.15, 0.2) is 12.2 Å². The van der Waals surface area contributed by atoms with Crippen LogP contribution >= 0.6 is 0 Å². The first-order chi connectivity index (χ1) is 8.35. The smallest absolute Gasteiger partial charge is 0.312 e. The van der Waals surface area contributed by atoms with Gasteiger partial charge in [-0.2, -0.15) is 0 Å². The Balaban J connectivity index is 2.76. The number of ether oxygens (including phenoxy) is 1. The van der Waals surface area contributed by atoms with E-state index in [1.54, 1.807) is 0 Å². The number of carbonyl (C=O) groups excluding carboxylic acids is 1. The summed E-state index contributed by atoms with van der Waals surface area (Å²) in [5.74, 6) is 0.410. The average Bonchev–Trinajstić information content (AvgIpc) is 2.39. The van der Waals surface area contributed by atoms with Gasteiger partial charge in [-0.15, -0.1) is 0 Å². The van der Waals surface area contributed by atoms with Crippen LogP contribution in [0.5, 0.6) is 0 Å². The Labute approximate surface area is 112 Å². The van der Waals surface area contributed by atoms with Crippen LogP contribution < -0.4 is 0 Å². The molecule has 18 heavy (non-hydrogen) atoms. The van der Waals surface area contributed by atoms with Crippen molar-refractivity contribution >= 4 is 5.97 Å². The summed E-state index contributed by atoms with van der Waals surface area (Å²) in [7, 11) is 0. The van der Waals surface area contributed by atoms with Gasteiger partial charge in [0.1, 0.15) is 5.60 Å². The molecule has 1 aliphatic carbocycles. The Hall–Kier alpha value is -0.790. The number of allylic oxidation sites excluding steroid dienone is 2. The molecule has 0 bridgehead atoms. The molecule has 0 saturated heterocycles. The van der Waals surface area contributed by atoms with Gasteiger partial charge < -0.3 is 4.74 Å². The molecule has 104 valence electrons. The molecule has 1 rings (SSSR count). The summed E-state index contributed by atoms with van der Waals surface area (Å²) in [6.07, 6.45) is 9.42. The van der Waals surface area contributed by atoms with Crippen molar-refractivity contribution in [3.05, 3.63) is 12.2 Å². The van der Waals surface area contributed by atoms with E-state index < -0.39 is 0 Å². The fourth-order valence-corrected chi connectivity index (χ4v) is 2.29. The zero-order valence-electron chi connectivity index (χ0n) is 12.6. The summed E-state index contributed by atoms with van der Waals surface area (Å²) < 4.78 is 5.91. The van der Waals surface area contributed by atoms with Gasteiger partial charge in [0.25, 0.3) is 0 Å². The summed E-state index contributed by atoms with van der Waals surface area (Å²) in [6, 6.07) is 0. The molecule has 0 spiro atoms. The van der Waals surface area contributed by atoms with Crippen LogP contribution in [-0.4, -0.2) is 11.6 Å². The van der Waals surface area contributed by atoms with Crippen molar-refractivity contribution in [1.29, 1.82) is 0 Å². The first-order valence-electron chi connectivity index (χ1n) is 7.24. The van der Waals surface area contributed by atoms with Crippen molar-refractivity contribution in [2.24, 2.45) is 11.3 Å². The highest BCUT2D eigenvalue weighted by molar-refractivity contribution is 5.76. The molecule has 0 aromatic rings. The van der Waals surface area contributed by atoms with Crippen LogP contribution in [0.25, 0.3) is 0 Å². The molecule has 0 aliphatic heterocycles. The fourth-order valence-electron chi connectivity index (χ4n) is 2.29. The predicted molar refractivity (Wildman–Crippen MR) is 75.3 cm³/mol. The van der Waals surface area contributed by atoms with Gasteiger partial charge in [-0.05, 0) is 52.9 Å². The normalized spacial score (nSPS) is 23.5. The molecule has 0 aromatic heterocycles. The van der Waals surface area contributed by atoms with Crippen molar-refractivity contribution < 1.29 is 9.53 Å². The molecule has 1 aliphatic rings. The third kappa shape index (κ3) is 3.37. The van der Waals surface area contributed by atoms with Gasteiger partial charge in [0.05, 0.1) is 5.41 Å². The highest BCUT2D eigenvalue weighted by atomic mass is 16.6. The second-order valence-electron chi connectivity index (χ2n) is 6.27. The molecule has 0 saturated carbocycles. The molecule has 0 N–H and O–H groups in total. The topological polar surface area (TPSA) is 26.3 Å². The molecule has 2 unspecified atom stereocenters. The molecule has 2 heteroatoms. The van der Waals surface area contributed by atoms with Gasteiger partial charge in [-0.1, -0.05) is 26.0 Å². The zero-order valence-corrected chi connectivity index (χ0v) is 12.6. The zero-order chi connectivity index (χ0) is 13.8. The van der Waals surface area contributed by atoms with E-state index in [2.05, 4.69) is 26.0 Å². The second-order valence-corrected chi connectivity index (χ2v) is 6.27. The standard InChI is InChI=1S/C16H28O2/c1-6-15(3,4)14(17)18-16(5,7-2)13-11-9-8-10-12-13/h8-9,13H,6-7,10-12H2,1-5H3. The molecule has 0 heterocycles. The first-order valence-corrected chi connectivity index (χ1v) is 7.24. The van der Waals surface area contributed by atoms with Crippen LogP contribution in [0.1, 0.15) is 66.7 Å². The van der Waals surface area contributed by atoms with E-state index in [1.807, 2.05) is 20.8 Å². The summed E-state index contributed by atoms with van der Waals surface area (Å²) >= 11 is 0. The summed E-state index contributed by atoms with van der Waals surface area (Å²) in [5, 5.41) is 0. The Bertz CT molecular complexity index is 317. The van der Waals surface area contributed by atoms with Crippen LogP contribution in [-0.2, 0) is 9.53 Å². The maximum Gasteiger partial charge on any atom is 0.312 e. The SMILES string of the molecule is CCC(C)(C)C(=O)OC(C)(CC)C1CC=CCC1. The third-order valence-corrected chi connectivity index (χ3v) is 4.60. The highest BCUT2D eigenvalue weighted by Gasteiger charge is 2.39. The number of hydrogen-bond acceptors (Lipinski definition) is 2. The van der Waals surface area contributed by atoms with E-state index >= 15 is 0 Å². The minimum absolute atomic E-state index is 0.0519. The van der Waals surface area contributed by atoms with Crippen molar-refractivity contribution in [1.82, 2.24) is 0 Å². The number of carbonyl (C=O) groups is 1. The minimum Gasteiger partial charge on any atom is -0.459 e. The Morgan fingerprint density at radius 1 is 1.22 bits per heavy atom. The van der Waals surface area contributed by atoms with E-state index in [9.17, 15) is 4.79 Å². The van der Waals surface area contributed by atoms with Gasteiger partial charge in [-0.3, -0.25) is 4.79 Å². The fraction of sp³-hybridized carbons (Fsp3) is 0.812. The van der Waals surface area contributed by atoms with Gasteiger partial charge in [0, 0.05) is 5.92 Å². The van der Waals surface area contributed by atoms with Crippen molar-refractivity contribution in [2.45, 2.75) is 72.3 Å². The minimum atomic E-state index is -0.374. The molecule has 0 aromatic carbocycles. The largest absolute Gasteiger partial charge is 0.459 e. The number of rotatable bonds is 5. The molecule has 2 atom stereocenters. The predicted octanol–water partition coefficient (Wildman–Crippen LogP) is 4.49. The lowest BCUT2D eigenvalue weighted by Gasteiger charge is -2.39. The number of hydrogen-bond donors (Lipinski definition) is 0. The summed E-state index contributed by atoms with van der Waals surface area (Å²) in [5.41, 5.74) is -0.685. The van der Waals surface area contributed by atoms with Crippen LogP contribution in [0, 0.1) is 11.3 Å². The molecular formula is C16H28O2. The molecule has 0 radical (unpaired) electrons. The van der Waals surface area contributed by atoms with Crippen LogP contribution in [0.4, 0.5) is 0 Å². The van der Waals surface area contributed by atoms with Gasteiger partial charge in [0.15, 0.2) is 0 Å². The van der Waals surface area contributed by atoms with E-state index in [4.69, 9.17) is 4.74 Å². The molecule has 0 amide bonds. The van der Waals surface area contributed by atoms with Crippen molar-refractivity contribution in [3.63, 3.8) is 0 Å². The lowest BCUT2D eigenvalue weighted by atomic mass is 9.78. The summed E-state index contributed by atoms with van der Waals surface area (Å²) in [4.78, 5) is 12.3. The van der Waals surface area contributed by atoms with Gasteiger partial charge >= 0.3 is 5.97 Å². The van der Waals surface area contributed by atoms with E-state index in [1.165, 1.54) is 0 Å². The lowest BCUT2D eigenvalue weighted by Crippen LogP contribution is -2.43. The Morgan fingerprint density at radius 3 is 2.33 bits per heavy atom. The van der Waals surface area contributed by atoms with E-state index in [-0.39, 0.29) is 17.0 Å².